The summed E-state index contributed by atoms with van der Waals surface area (Å²) in [6, 6.07) is 0.380. The molecule has 1 aliphatic rings. The van der Waals surface area contributed by atoms with Crippen LogP contribution in [-0.4, -0.2) is 18.9 Å². The summed E-state index contributed by atoms with van der Waals surface area (Å²) in [5.74, 6) is 0. The molecule has 1 heterocycles. The van der Waals surface area contributed by atoms with Gasteiger partial charge in [0.05, 0.1) is 12.9 Å². The normalized spacial score (nSPS) is 31.8. The predicted molar refractivity (Wildman–Crippen MR) is 24.9 cm³/mol. The summed E-state index contributed by atoms with van der Waals surface area (Å²) >= 11 is 0. The number of rotatable bonds is 0. The lowest BCUT2D eigenvalue weighted by Crippen LogP contribution is -2.19. The van der Waals surface area contributed by atoms with Crippen molar-refractivity contribution in [1.82, 2.24) is 5.32 Å². The van der Waals surface area contributed by atoms with Crippen LogP contribution in [0.3, 0.4) is 0 Å². The molecule has 0 spiro atoms. The predicted octanol–water partition coefficient (Wildman–Crippen LogP) is -0.117. The Hall–Kier alpha value is -0.370. The van der Waals surface area contributed by atoms with Crippen LogP contribution in [0.25, 0.3) is 0 Å². The van der Waals surface area contributed by atoms with Crippen LogP contribution < -0.4 is 5.32 Å². The van der Waals surface area contributed by atoms with Crippen molar-refractivity contribution in [2.24, 2.45) is 4.99 Å². The van der Waals surface area contributed by atoms with Gasteiger partial charge in [0, 0.05) is 6.04 Å². The van der Waals surface area contributed by atoms with Crippen molar-refractivity contribution in [3.63, 3.8) is 0 Å². The monoisotopic (exact) mass is 83.1 g/mol. The minimum absolute atomic E-state index is 0.380. The Labute approximate surface area is 37.3 Å². The number of aliphatic imine (C=N–C) groups is 1. The molecule has 0 amide bonds. The second-order valence-corrected chi connectivity index (χ2v) is 1.37. The second kappa shape index (κ2) is 1.39. The number of hydrogen-bond donors (Lipinski definition) is 1. The van der Waals surface area contributed by atoms with Gasteiger partial charge in [-0.2, -0.15) is 0 Å². The van der Waals surface area contributed by atoms with Gasteiger partial charge in [0.25, 0.3) is 0 Å². The maximum atomic E-state index is 3.80. The summed E-state index contributed by atoms with van der Waals surface area (Å²) in [5.41, 5.74) is 0. The van der Waals surface area contributed by atoms with Gasteiger partial charge in [0.1, 0.15) is 0 Å². The van der Waals surface area contributed by atoms with Crippen molar-refractivity contribution >= 4 is 6.21 Å². The van der Waals surface area contributed by atoms with Crippen LogP contribution >= 0.6 is 0 Å². The fourth-order valence-corrected chi connectivity index (χ4v) is 0.411. The quantitative estimate of drug-likeness (QED) is 0.434. The van der Waals surface area contributed by atoms with Crippen molar-refractivity contribution in [3.8, 4) is 0 Å². The molecule has 33 valence electrons. The van der Waals surface area contributed by atoms with E-state index >= 15 is 0 Å². The summed E-state index contributed by atoms with van der Waals surface area (Å²) in [5, 5.41) is 3.04. The number of nitrogens with one attached hydrogen (secondary N) is 1. The molecule has 0 bridgehead atoms. The molecule has 0 saturated carbocycles. The summed E-state index contributed by atoms with van der Waals surface area (Å²) in [7, 11) is 0. The Kier molecular flexibility index (Phi) is 0.881. The molecule has 1 unspecified atom stereocenters. The van der Waals surface area contributed by atoms with E-state index in [0.717, 1.165) is 6.67 Å². The molecule has 0 fully saturated rings. The average molecular weight is 83.1 g/mol. The SMILES string of the molecule is CC1[C]=NCN1. The van der Waals surface area contributed by atoms with Gasteiger partial charge in [-0.1, -0.05) is 0 Å². The number of nitrogens with zero attached hydrogens (tertiary/aromatic N) is 1. The Balaban J connectivity index is 2.38. The van der Waals surface area contributed by atoms with Gasteiger partial charge < -0.3 is 0 Å². The largest absolute Gasteiger partial charge is 0.290 e. The van der Waals surface area contributed by atoms with E-state index in [4.69, 9.17) is 0 Å². The first kappa shape index (κ1) is 3.81. The summed E-state index contributed by atoms with van der Waals surface area (Å²) < 4.78 is 0. The van der Waals surface area contributed by atoms with Gasteiger partial charge in [-0.3, -0.25) is 10.3 Å². The third kappa shape index (κ3) is 0.571. The molecule has 2 nitrogen and oxygen atoms in total. The standard InChI is InChI=1S/C4H7N2/c1-4-2-5-3-6-4/h4,6H,3H2,1H3. The highest BCUT2D eigenvalue weighted by molar-refractivity contribution is 5.65. The van der Waals surface area contributed by atoms with Gasteiger partial charge in [0.15, 0.2) is 0 Å². The molecule has 0 saturated heterocycles. The molecule has 1 radical (unpaired) electrons. The van der Waals surface area contributed by atoms with E-state index in [-0.39, 0.29) is 0 Å². The zero-order valence-electron chi connectivity index (χ0n) is 3.73. The maximum absolute atomic E-state index is 3.80. The van der Waals surface area contributed by atoms with Crippen LogP contribution in [0.4, 0.5) is 0 Å². The molecule has 1 aliphatic heterocycles. The van der Waals surface area contributed by atoms with Crippen LogP contribution in [0.1, 0.15) is 6.92 Å². The van der Waals surface area contributed by atoms with Crippen LogP contribution in [-0.2, 0) is 0 Å². The van der Waals surface area contributed by atoms with E-state index in [0.29, 0.717) is 6.04 Å². The Bertz CT molecular complexity index is 67.9. The van der Waals surface area contributed by atoms with Crippen LogP contribution in [0.15, 0.2) is 4.99 Å². The lowest BCUT2D eigenvalue weighted by molar-refractivity contribution is 0.730. The van der Waals surface area contributed by atoms with Crippen molar-refractivity contribution < 1.29 is 0 Å². The Morgan fingerprint density at radius 1 is 2.00 bits per heavy atom. The lowest BCUT2D eigenvalue weighted by Gasteiger charge is -1.90. The molecule has 2 heteroatoms. The fraction of sp³-hybridized carbons (Fsp3) is 0.750. The van der Waals surface area contributed by atoms with Gasteiger partial charge >= 0.3 is 0 Å². The lowest BCUT2D eigenvalue weighted by atomic mass is 10.4. The van der Waals surface area contributed by atoms with Crippen LogP contribution in [0.2, 0.25) is 0 Å². The zero-order chi connectivity index (χ0) is 4.41. The molecular formula is C4H7N2. The molecule has 0 aromatic rings. The van der Waals surface area contributed by atoms with Crippen molar-refractivity contribution in [2.45, 2.75) is 13.0 Å². The molecular weight excluding hydrogens is 76.1 g/mol. The van der Waals surface area contributed by atoms with Crippen LogP contribution in [0, 0.1) is 0 Å². The Morgan fingerprint density at radius 2 is 2.83 bits per heavy atom. The molecule has 0 aromatic carbocycles. The highest BCUT2D eigenvalue weighted by Crippen LogP contribution is 1.81. The minimum Gasteiger partial charge on any atom is -0.290 e. The van der Waals surface area contributed by atoms with Gasteiger partial charge in [0.2, 0.25) is 0 Å². The zero-order valence-corrected chi connectivity index (χ0v) is 3.73. The first-order valence-corrected chi connectivity index (χ1v) is 2.05. The third-order valence-corrected chi connectivity index (χ3v) is 0.761. The maximum Gasteiger partial charge on any atom is 0.0894 e. The molecule has 6 heavy (non-hydrogen) atoms. The van der Waals surface area contributed by atoms with Crippen LogP contribution in [0.5, 0.6) is 0 Å². The van der Waals surface area contributed by atoms with Gasteiger partial charge in [-0.15, -0.1) is 0 Å². The van der Waals surface area contributed by atoms with Gasteiger partial charge in [-0.05, 0) is 6.92 Å². The molecule has 1 atom stereocenters. The highest BCUT2D eigenvalue weighted by Gasteiger charge is 1.99. The summed E-state index contributed by atoms with van der Waals surface area (Å²) in [6.45, 7) is 2.78. The van der Waals surface area contributed by atoms with E-state index in [9.17, 15) is 0 Å². The van der Waals surface area contributed by atoms with Crippen molar-refractivity contribution in [1.29, 1.82) is 0 Å². The third-order valence-electron chi connectivity index (χ3n) is 0.761. The molecule has 1 rings (SSSR count). The fourth-order valence-electron chi connectivity index (χ4n) is 0.411. The van der Waals surface area contributed by atoms with E-state index in [2.05, 4.69) is 16.5 Å². The van der Waals surface area contributed by atoms with E-state index in [1.54, 1.807) is 0 Å². The average Bonchev–Trinajstić information content (AvgIpc) is 1.86. The first-order valence-electron chi connectivity index (χ1n) is 2.05. The van der Waals surface area contributed by atoms with Crippen molar-refractivity contribution in [3.05, 3.63) is 0 Å². The summed E-state index contributed by atoms with van der Waals surface area (Å²) in [6.07, 6.45) is 2.83. The van der Waals surface area contributed by atoms with E-state index < -0.39 is 0 Å². The number of hydrogen-bond acceptors (Lipinski definition) is 2. The van der Waals surface area contributed by atoms with Crippen molar-refractivity contribution in [2.75, 3.05) is 6.67 Å². The molecule has 1 N–H and O–H groups in total. The van der Waals surface area contributed by atoms with E-state index in [1.165, 1.54) is 0 Å². The topological polar surface area (TPSA) is 24.4 Å². The van der Waals surface area contributed by atoms with E-state index in [1.807, 2.05) is 6.92 Å². The highest BCUT2D eigenvalue weighted by atomic mass is 15.1. The second-order valence-electron chi connectivity index (χ2n) is 1.37. The molecule has 0 aliphatic carbocycles. The molecule has 0 aromatic heterocycles. The smallest absolute Gasteiger partial charge is 0.0894 e. The Morgan fingerprint density at radius 3 is 3.00 bits per heavy atom. The first-order chi connectivity index (χ1) is 2.89. The van der Waals surface area contributed by atoms with Gasteiger partial charge in [-0.25, -0.2) is 0 Å². The minimum atomic E-state index is 0.380. The summed E-state index contributed by atoms with van der Waals surface area (Å²) in [4.78, 5) is 3.80.